The summed E-state index contributed by atoms with van der Waals surface area (Å²) in [5.41, 5.74) is 10.5. The van der Waals surface area contributed by atoms with Crippen LogP contribution in [0.5, 0.6) is 0 Å². The van der Waals surface area contributed by atoms with Crippen molar-refractivity contribution < 1.29 is 0 Å². The Balaban J connectivity index is 1.49. The minimum Gasteiger partial charge on any atom is -0.309 e. The molecule has 0 saturated heterocycles. The maximum atomic E-state index is 7.52. The average Bonchev–Trinajstić information content (AvgIpc) is 3.06. The lowest BCUT2D eigenvalue weighted by Gasteiger charge is -2.23. The van der Waals surface area contributed by atoms with E-state index in [9.17, 15) is 0 Å². The van der Waals surface area contributed by atoms with Crippen molar-refractivity contribution in [3.05, 3.63) is 145 Å². The molecular weight excluding hydrogens is 532 g/mol. The minimum absolute atomic E-state index is 0.0650. The summed E-state index contributed by atoms with van der Waals surface area (Å²) >= 11 is 0. The van der Waals surface area contributed by atoms with Gasteiger partial charge in [-0.05, 0) is 112 Å². The SMILES string of the molecule is C=C/C(=C\C=N)c1ccc(-c2cc(-c3ccc(-c4ccncc4)cc3)c3ccc4cc(C(C)(C)C)cc5ccc2c3c54)cc1. The van der Waals surface area contributed by atoms with Crippen LogP contribution in [0.4, 0.5) is 0 Å². The van der Waals surface area contributed by atoms with Crippen LogP contribution in [0.25, 0.3) is 71.3 Å². The Kier molecular flexibility index (Phi) is 6.71. The molecule has 44 heavy (non-hydrogen) atoms. The molecule has 1 heterocycles. The van der Waals surface area contributed by atoms with Gasteiger partial charge in [-0.1, -0.05) is 118 Å². The molecule has 1 N–H and O–H groups in total. The summed E-state index contributed by atoms with van der Waals surface area (Å²) in [5, 5.41) is 15.2. The van der Waals surface area contributed by atoms with Crippen LogP contribution in [0.2, 0.25) is 0 Å². The molecule has 0 aliphatic heterocycles. The van der Waals surface area contributed by atoms with Crippen LogP contribution in [0, 0.1) is 5.41 Å². The number of rotatable bonds is 6. The van der Waals surface area contributed by atoms with Gasteiger partial charge in [-0.15, -0.1) is 0 Å². The van der Waals surface area contributed by atoms with E-state index in [4.69, 9.17) is 5.41 Å². The molecule has 0 spiro atoms. The van der Waals surface area contributed by atoms with E-state index in [0.717, 1.165) is 22.3 Å². The first-order valence-electron chi connectivity index (χ1n) is 15.1. The Labute approximate surface area is 258 Å². The maximum absolute atomic E-state index is 7.52. The molecule has 1 aromatic heterocycles. The summed E-state index contributed by atoms with van der Waals surface area (Å²) in [6.45, 7) is 10.8. The minimum atomic E-state index is 0.0650. The number of nitrogens with zero attached hydrogens (tertiary/aromatic N) is 1. The Morgan fingerprint density at radius 1 is 0.636 bits per heavy atom. The van der Waals surface area contributed by atoms with Crippen molar-refractivity contribution in [2.75, 3.05) is 0 Å². The third-order valence-corrected chi connectivity index (χ3v) is 8.80. The van der Waals surface area contributed by atoms with E-state index < -0.39 is 0 Å². The fraction of sp³-hybridized carbons (Fsp3) is 0.0952. The van der Waals surface area contributed by atoms with Gasteiger partial charge in [-0.25, -0.2) is 0 Å². The van der Waals surface area contributed by atoms with E-state index in [1.54, 1.807) is 12.2 Å². The quantitative estimate of drug-likeness (QED) is 0.121. The Morgan fingerprint density at radius 3 is 1.68 bits per heavy atom. The fourth-order valence-electron chi connectivity index (χ4n) is 6.43. The van der Waals surface area contributed by atoms with Gasteiger partial charge in [0, 0.05) is 18.6 Å². The highest BCUT2D eigenvalue weighted by molar-refractivity contribution is 6.28. The summed E-state index contributed by atoms with van der Waals surface area (Å²) in [6.07, 6.45) is 8.56. The molecule has 6 aromatic carbocycles. The first kappa shape index (κ1) is 27.5. The maximum Gasteiger partial charge on any atom is 0.0273 e. The molecule has 0 bridgehead atoms. The summed E-state index contributed by atoms with van der Waals surface area (Å²) in [6, 6.07) is 38.0. The predicted octanol–water partition coefficient (Wildman–Crippen LogP) is 11.5. The van der Waals surface area contributed by atoms with Crippen LogP contribution in [0.1, 0.15) is 31.9 Å². The molecule has 0 radical (unpaired) electrons. The van der Waals surface area contributed by atoms with E-state index in [1.165, 1.54) is 66.3 Å². The first-order valence-corrected chi connectivity index (χ1v) is 15.1. The van der Waals surface area contributed by atoms with Gasteiger partial charge in [-0.3, -0.25) is 4.98 Å². The second kappa shape index (κ2) is 10.7. The zero-order chi connectivity index (χ0) is 30.4. The molecular formula is C42H34N2. The van der Waals surface area contributed by atoms with Gasteiger partial charge in [0.2, 0.25) is 0 Å². The van der Waals surface area contributed by atoms with Gasteiger partial charge in [0.15, 0.2) is 0 Å². The third kappa shape index (κ3) is 4.69. The van der Waals surface area contributed by atoms with Gasteiger partial charge in [0.05, 0.1) is 0 Å². The number of benzene rings is 6. The topological polar surface area (TPSA) is 36.7 Å². The molecule has 0 aliphatic carbocycles. The van der Waals surface area contributed by atoms with Crippen molar-refractivity contribution in [3.8, 4) is 33.4 Å². The summed E-state index contributed by atoms with van der Waals surface area (Å²) in [4.78, 5) is 4.18. The number of hydrogen-bond acceptors (Lipinski definition) is 2. The van der Waals surface area contributed by atoms with Crippen LogP contribution in [-0.2, 0) is 5.41 Å². The van der Waals surface area contributed by atoms with E-state index in [1.807, 2.05) is 24.5 Å². The molecule has 0 aliphatic rings. The van der Waals surface area contributed by atoms with Gasteiger partial charge < -0.3 is 5.41 Å². The van der Waals surface area contributed by atoms with Crippen molar-refractivity contribution in [3.63, 3.8) is 0 Å². The van der Waals surface area contributed by atoms with Crippen molar-refractivity contribution in [1.29, 1.82) is 5.41 Å². The van der Waals surface area contributed by atoms with Gasteiger partial charge in [0.1, 0.15) is 0 Å². The molecule has 0 unspecified atom stereocenters. The molecule has 212 valence electrons. The Hall–Kier alpha value is -5.34. The molecule has 2 heteroatoms. The van der Waals surface area contributed by atoms with Crippen molar-refractivity contribution in [1.82, 2.24) is 4.98 Å². The monoisotopic (exact) mass is 566 g/mol. The highest BCUT2D eigenvalue weighted by Crippen LogP contribution is 2.45. The zero-order valence-electron chi connectivity index (χ0n) is 25.4. The van der Waals surface area contributed by atoms with Crippen molar-refractivity contribution in [2.24, 2.45) is 0 Å². The molecule has 0 atom stereocenters. The van der Waals surface area contributed by atoms with Crippen molar-refractivity contribution >= 4 is 44.1 Å². The fourth-order valence-corrected chi connectivity index (χ4v) is 6.43. The van der Waals surface area contributed by atoms with Gasteiger partial charge in [-0.2, -0.15) is 0 Å². The third-order valence-electron chi connectivity index (χ3n) is 8.80. The summed E-state index contributed by atoms with van der Waals surface area (Å²) in [5.74, 6) is 0. The molecule has 0 saturated carbocycles. The molecule has 7 rings (SSSR count). The number of allylic oxidation sites excluding steroid dienone is 3. The van der Waals surface area contributed by atoms with Crippen LogP contribution < -0.4 is 0 Å². The standard InChI is InChI=1S/C42H34N2/c1-5-27(18-21-43)28-6-10-31(11-7-28)38-26-39(32-12-8-29(9-13-32)30-19-22-44-23-20-30)37-17-15-34-25-35(42(2,3)4)24-33-14-16-36(38)41(37)40(33)34/h5-26,43H,1H2,2-4H3/b27-18+,43-21?. The lowest BCUT2D eigenvalue weighted by Crippen LogP contribution is -2.10. The van der Waals surface area contributed by atoms with E-state index in [-0.39, 0.29) is 5.41 Å². The normalized spacial score (nSPS) is 12.3. The van der Waals surface area contributed by atoms with Gasteiger partial charge in [0.25, 0.3) is 0 Å². The highest BCUT2D eigenvalue weighted by atomic mass is 14.6. The largest absolute Gasteiger partial charge is 0.309 e. The van der Waals surface area contributed by atoms with Crippen LogP contribution in [-0.4, -0.2) is 11.2 Å². The van der Waals surface area contributed by atoms with Gasteiger partial charge >= 0.3 is 0 Å². The number of aromatic nitrogens is 1. The van der Waals surface area contributed by atoms with Crippen LogP contribution in [0.3, 0.4) is 0 Å². The van der Waals surface area contributed by atoms with E-state index in [0.29, 0.717) is 0 Å². The van der Waals surface area contributed by atoms with Crippen LogP contribution >= 0.6 is 0 Å². The average molecular weight is 567 g/mol. The summed E-state index contributed by atoms with van der Waals surface area (Å²) in [7, 11) is 0. The molecule has 0 fully saturated rings. The van der Waals surface area contributed by atoms with Crippen molar-refractivity contribution in [2.45, 2.75) is 26.2 Å². The van der Waals surface area contributed by atoms with E-state index >= 15 is 0 Å². The zero-order valence-corrected chi connectivity index (χ0v) is 25.4. The second-order valence-corrected chi connectivity index (χ2v) is 12.5. The number of hydrogen-bond donors (Lipinski definition) is 1. The highest BCUT2D eigenvalue weighted by Gasteiger charge is 2.20. The molecule has 7 aromatic rings. The number of nitrogens with one attached hydrogen (secondary N) is 1. The lowest BCUT2D eigenvalue weighted by atomic mass is 9.81. The second-order valence-electron chi connectivity index (χ2n) is 12.5. The first-order chi connectivity index (χ1) is 21.4. The van der Waals surface area contributed by atoms with Crippen LogP contribution in [0.15, 0.2) is 134 Å². The summed E-state index contributed by atoms with van der Waals surface area (Å²) < 4.78 is 0. The molecule has 2 nitrogen and oxygen atoms in total. The Morgan fingerprint density at radius 2 is 1.16 bits per heavy atom. The predicted molar refractivity (Wildman–Crippen MR) is 190 cm³/mol. The Bertz CT molecular complexity index is 2180. The molecule has 0 amide bonds. The lowest BCUT2D eigenvalue weighted by molar-refractivity contribution is 0.591. The smallest absolute Gasteiger partial charge is 0.0273 e. The van der Waals surface area contributed by atoms with E-state index in [2.05, 4.69) is 123 Å². The number of pyridine rings is 1.